The molecule has 0 spiro atoms. The van der Waals surface area contributed by atoms with E-state index in [1.54, 1.807) is 18.2 Å². The molecule has 0 heterocycles. The predicted octanol–water partition coefficient (Wildman–Crippen LogP) is 4.79. The second kappa shape index (κ2) is 7.91. The fourth-order valence-electron chi connectivity index (χ4n) is 1.39. The molecule has 1 N–H and O–H groups in total. The molecule has 0 unspecified atom stereocenters. The third-order valence-corrected chi connectivity index (χ3v) is 2.90. The van der Waals surface area contributed by atoms with Gasteiger partial charge in [0.15, 0.2) is 0 Å². The molecule has 0 aliphatic carbocycles. The average Bonchev–Trinajstić information content (AvgIpc) is 2.36. The second-order valence-electron chi connectivity index (χ2n) is 3.69. The summed E-state index contributed by atoms with van der Waals surface area (Å²) in [5.41, 5.74) is 1.44. The van der Waals surface area contributed by atoms with E-state index in [4.69, 9.17) is 5.11 Å². The van der Waals surface area contributed by atoms with Crippen LogP contribution >= 0.6 is 15.9 Å². The summed E-state index contributed by atoms with van der Waals surface area (Å²) < 4.78 is 0.736. The van der Waals surface area contributed by atoms with Crippen molar-refractivity contribution < 1.29 is 5.11 Å². The smallest absolute Gasteiger partial charge is 0.129 e. The van der Waals surface area contributed by atoms with Gasteiger partial charge in [-0.1, -0.05) is 55.8 Å². The molecule has 2 aromatic rings. The van der Waals surface area contributed by atoms with Crippen molar-refractivity contribution in [2.24, 2.45) is 0 Å². The van der Waals surface area contributed by atoms with Crippen LogP contribution in [0.25, 0.3) is 0 Å². The molecule has 0 aliphatic rings. The molecule has 90 valence electrons. The van der Waals surface area contributed by atoms with Crippen LogP contribution in [0.15, 0.2) is 59.1 Å². The SMILES string of the molecule is CCCc1ccccc1.Oc1ccccc1Br. The minimum absolute atomic E-state index is 0.285. The van der Waals surface area contributed by atoms with Crippen molar-refractivity contribution in [3.05, 3.63) is 64.6 Å². The van der Waals surface area contributed by atoms with Crippen LogP contribution in [0.4, 0.5) is 0 Å². The Bertz CT molecular complexity index is 405. The van der Waals surface area contributed by atoms with Gasteiger partial charge in [0.25, 0.3) is 0 Å². The first kappa shape index (κ1) is 13.8. The van der Waals surface area contributed by atoms with E-state index in [1.807, 2.05) is 6.07 Å². The number of hydrogen-bond donors (Lipinski definition) is 1. The zero-order valence-electron chi connectivity index (χ0n) is 9.94. The number of rotatable bonds is 2. The fourth-order valence-corrected chi connectivity index (χ4v) is 1.67. The van der Waals surface area contributed by atoms with Crippen LogP contribution in [-0.4, -0.2) is 5.11 Å². The van der Waals surface area contributed by atoms with Crippen molar-refractivity contribution in [1.29, 1.82) is 0 Å². The lowest BCUT2D eigenvalue weighted by molar-refractivity contribution is 0.472. The second-order valence-corrected chi connectivity index (χ2v) is 4.54. The summed E-state index contributed by atoms with van der Waals surface area (Å²) >= 11 is 3.15. The number of hydrogen-bond acceptors (Lipinski definition) is 1. The topological polar surface area (TPSA) is 20.2 Å². The Hall–Kier alpha value is -1.28. The van der Waals surface area contributed by atoms with Crippen molar-refractivity contribution in [2.45, 2.75) is 19.8 Å². The normalized spacial score (nSPS) is 9.29. The van der Waals surface area contributed by atoms with Crippen molar-refractivity contribution >= 4 is 15.9 Å². The predicted molar refractivity (Wildman–Crippen MR) is 76.2 cm³/mol. The molecule has 0 fully saturated rings. The first-order valence-electron chi connectivity index (χ1n) is 5.71. The lowest BCUT2D eigenvalue weighted by Gasteiger charge is -1.93. The van der Waals surface area contributed by atoms with E-state index < -0.39 is 0 Å². The molecule has 2 aromatic carbocycles. The van der Waals surface area contributed by atoms with Crippen LogP contribution in [0.3, 0.4) is 0 Å². The summed E-state index contributed by atoms with van der Waals surface area (Å²) in [5, 5.41) is 8.87. The average molecular weight is 293 g/mol. The maximum absolute atomic E-state index is 8.87. The summed E-state index contributed by atoms with van der Waals surface area (Å²) in [6, 6.07) is 17.6. The number of aryl methyl sites for hydroxylation is 1. The monoisotopic (exact) mass is 292 g/mol. The number of aromatic hydroxyl groups is 1. The van der Waals surface area contributed by atoms with Crippen LogP contribution < -0.4 is 0 Å². The molecule has 17 heavy (non-hydrogen) atoms. The van der Waals surface area contributed by atoms with Crippen molar-refractivity contribution in [3.63, 3.8) is 0 Å². The van der Waals surface area contributed by atoms with Crippen LogP contribution in [0, 0.1) is 0 Å². The fraction of sp³-hybridized carbons (Fsp3) is 0.200. The van der Waals surface area contributed by atoms with Gasteiger partial charge in [-0.3, -0.25) is 0 Å². The Morgan fingerprint density at radius 3 is 2.00 bits per heavy atom. The van der Waals surface area contributed by atoms with Gasteiger partial charge < -0.3 is 5.11 Å². The lowest BCUT2D eigenvalue weighted by atomic mass is 10.1. The summed E-state index contributed by atoms with van der Waals surface area (Å²) in [6.45, 7) is 2.20. The summed E-state index contributed by atoms with van der Waals surface area (Å²) in [4.78, 5) is 0. The molecular weight excluding hydrogens is 276 g/mol. The molecule has 0 radical (unpaired) electrons. The standard InChI is InChI=1S/C9H12.C6H5BrO/c1-2-6-9-7-4-3-5-8-9;7-5-3-1-2-4-6(5)8/h3-5,7-8H,2,6H2,1H3;1-4,8H. The summed E-state index contributed by atoms with van der Waals surface area (Å²) in [6.07, 6.45) is 2.45. The van der Waals surface area contributed by atoms with Gasteiger partial charge in [0, 0.05) is 0 Å². The number of benzene rings is 2. The molecule has 0 saturated carbocycles. The highest BCUT2D eigenvalue weighted by molar-refractivity contribution is 9.10. The van der Waals surface area contributed by atoms with Crippen LogP contribution in [0.1, 0.15) is 18.9 Å². The van der Waals surface area contributed by atoms with Crippen molar-refractivity contribution in [2.75, 3.05) is 0 Å². The summed E-state index contributed by atoms with van der Waals surface area (Å²) in [5.74, 6) is 0.285. The Kier molecular flexibility index (Phi) is 6.41. The number of phenols is 1. The molecule has 2 heteroatoms. The van der Waals surface area contributed by atoms with Crippen LogP contribution in [0.5, 0.6) is 5.75 Å². The van der Waals surface area contributed by atoms with Crippen molar-refractivity contribution in [1.82, 2.24) is 0 Å². The number of phenolic OH excluding ortho intramolecular Hbond substituents is 1. The van der Waals surface area contributed by atoms with E-state index in [0.717, 1.165) is 4.47 Å². The minimum atomic E-state index is 0.285. The molecule has 0 aromatic heterocycles. The van der Waals surface area contributed by atoms with Gasteiger partial charge in [-0.15, -0.1) is 0 Å². The van der Waals surface area contributed by atoms with E-state index in [1.165, 1.54) is 18.4 Å². The van der Waals surface area contributed by atoms with Gasteiger partial charge >= 0.3 is 0 Å². The van der Waals surface area contributed by atoms with E-state index in [9.17, 15) is 0 Å². The van der Waals surface area contributed by atoms with Crippen LogP contribution in [-0.2, 0) is 6.42 Å². The minimum Gasteiger partial charge on any atom is -0.507 e. The van der Waals surface area contributed by atoms with Gasteiger partial charge in [0.05, 0.1) is 4.47 Å². The van der Waals surface area contributed by atoms with Gasteiger partial charge in [-0.05, 0) is 40.0 Å². The van der Waals surface area contributed by atoms with Gasteiger partial charge in [0.1, 0.15) is 5.75 Å². The highest BCUT2D eigenvalue weighted by atomic mass is 79.9. The van der Waals surface area contributed by atoms with Gasteiger partial charge in [-0.25, -0.2) is 0 Å². The third-order valence-electron chi connectivity index (χ3n) is 2.23. The largest absolute Gasteiger partial charge is 0.507 e. The highest BCUT2D eigenvalue weighted by Crippen LogP contribution is 2.21. The zero-order chi connectivity index (χ0) is 12.5. The summed E-state index contributed by atoms with van der Waals surface area (Å²) in [7, 11) is 0. The van der Waals surface area contributed by atoms with Gasteiger partial charge in [-0.2, -0.15) is 0 Å². The first-order valence-corrected chi connectivity index (χ1v) is 6.50. The van der Waals surface area contributed by atoms with E-state index in [-0.39, 0.29) is 5.75 Å². The molecular formula is C15H17BrO. The number of halogens is 1. The lowest BCUT2D eigenvalue weighted by Crippen LogP contribution is -1.78. The molecule has 0 amide bonds. The molecule has 1 nitrogen and oxygen atoms in total. The maximum Gasteiger partial charge on any atom is 0.129 e. The highest BCUT2D eigenvalue weighted by Gasteiger charge is 1.89. The molecule has 0 saturated heterocycles. The molecule has 2 rings (SSSR count). The Balaban J connectivity index is 0.000000171. The third kappa shape index (κ3) is 5.55. The van der Waals surface area contributed by atoms with Gasteiger partial charge in [0.2, 0.25) is 0 Å². The quantitative estimate of drug-likeness (QED) is 0.843. The first-order chi connectivity index (χ1) is 8.24. The molecule has 0 aliphatic heterocycles. The Morgan fingerprint density at radius 2 is 1.53 bits per heavy atom. The maximum atomic E-state index is 8.87. The number of para-hydroxylation sites is 1. The van der Waals surface area contributed by atoms with E-state index in [2.05, 4.69) is 53.2 Å². The molecule has 0 bridgehead atoms. The zero-order valence-corrected chi connectivity index (χ0v) is 11.5. The van der Waals surface area contributed by atoms with E-state index >= 15 is 0 Å². The van der Waals surface area contributed by atoms with E-state index in [0.29, 0.717) is 0 Å². The Labute approximate surface area is 111 Å². The Morgan fingerprint density at radius 1 is 0.941 bits per heavy atom. The molecule has 0 atom stereocenters. The van der Waals surface area contributed by atoms with Crippen LogP contribution in [0.2, 0.25) is 0 Å². The van der Waals surface area contributed by atoms with Crippen molar-refractivity contribution in [3.8, 4) is 5.75 Å².